The molecule has 0 amide bonds. The number of hydrogen-bond donors (Lipinski definition) is 2. The number of para-hydroxylation sites is 1. The van der Waals surface area contributed by atoms with Crippen molar-refractivity contribution in [2.24, 2.45) is 5.10 Å². The average molecular weight is 255 g/mol. The van der Waals surface area contributed by atoms with Gasteiger partial charge in [0, 0.05) is 0 Å². The van der Waals surface area contributed by atoms with Gasteiger partial charge in [0.1, 0.15) is 0 Å². The molecule has 0 radical (unpaired) electrons. The monoisotopic (exact) mass is 255 g/mol. The van der Waals surface area contributed by atoms with Crippen LogP contribution in [-0.2, 0) is 0 Å². The van der Waals surface area contributed by atoms with Gasteiger partial charge in [-0.15, -0.1) is 0 Å². The van der Waals surface area contributed by atoms with E-state index in [1.807, 2.05) is 0 Å². The SMILES string of the molecule is OC1(C(F)(F)F)NN=C2C=Cc3ccccc3N21. The Labute approximate surface area is 100 Å². The van der Waals surface area contributed by atoms with Crippen LogP contribution in [0.4, 0.5) is 18.9 Å². The number of aliphatic hydroxyl groups is 1. The first-order chi connectivity index (χ1) is 8.43. The summed E-state index contributed by atoms with van der Waals surface area (Å²) in [7, 11) is 0. The minimum absolute atomic E-state index is 0.0218. The molecule has 1 atom stereocenters. The minimum Gasteiger partial charge on any atom is -0.346 e. The van der Waals surface area contributed by atoms with Crippen molar-refractivity contribution >= 4 is 17.6 Å². The average Bonchev–Trinajstić information content (AvgIpc) is 2.68. The summed E-state index contributed by atoms with van der Waals surface area (Å²) in [5.41, 5.74) is 2.59. The minimum atomic E-state index is -4.88. The standard InChI is InChI=1S/C11H8F3N3O/c12-10(13,14)11(18)16-15-9-6-5-7-3-1-2-4-8(7)17(9)11/h1-6,16,18H. The van der Waals surface area contributed by atoms with Crippen LogP contribution in [0.15, 0.2) is 35.4 Å². The molecule has 2 aliphatic rings. The third-order valence-electron chi connectivity index (χ3n) is 2.86. The molecule has 94 valence electrons. The predicted octanol–water partition coefficient (Wildman–Crippen LogP) is 1.64. The van der Waals surface area contributed by atoms with Gasteiger partial charge < -0.3 is 5.11 Å². The summed E-state index contributed by atoms with van der Waals surface area (Å²) in [6, 6.07) is 6.47. The summed E-state index contributed by atoms with van der Waals surface area (Å²) < 4.78 is 38.9. The van der Waals surface area contributed by atoms with Crippen LogP contribution in [0.25, 0.3) is 6.08 Å². The lowest BCUT2D eigenvalue weighted by molar-refractivity contribution is -0.264. The topological polar surface area (TPSA) is 47.9 Å². The van der Waals surface area contributed by atoms with Crippen molar-refractivity contribution in [3.05, 3.63) is 35.9 Å². The highest BCUT2D eigenvalue weighted by atomic mass is 19.4. The van der Waals surface area contributed by atoms with Crippen molar-refractivity contribution in [1.29, 1.82) is 0 Å². The summed E-state index contributed by atoms with van der Waals surface area (Å²) in [5, 5.41) is 13.3. The van der Waals surface area contributed by atoms with Gasteiger partial charge in [0.05, 0.1) is 5.69 Å². The Morgan fingerprint density at radius 1 is 1.22 bits per heavy atom. The fourth-order valence-corrected chi connectivity index (χ4v) is 2.00. The van der Waals surface area contributed by atoms with E-state index in [2.05, 4.69) is 5.10 Å². The highest BCUT2D eigenvalue weighted by Gasteiger charge is 2.63. The van der Waals surface area contributed by atoms with Crippen LogP contribution in [-0.4, -0.2) is 23.0 Å². The van der Waals surface area contributed by atoms with Crippen molar-refractivity contribution in [3.8, 4) is 0 Å². The summed E-state index contributed by atoms with van der Waals surface area (Å²) >= 11 is 0. The highest BCUT2D eigenvalue weighted by Crippen LogP contribution is 2.40. The van der Waals surface area contributed by atoms with Gasteiger partial charge >= 0.3 is 12.0 Å². The summed E-state index contributed by atoms with van der Waals surface area (Å²) in [6.07, 6.45) is -1.82. The molecule has 4 nitrogen and oxygen atoms in total. The van der Waals surface area contributed by atoms with Crippen molar-refractivity contribution in [1.82, 2.24) is 5.43 Å². The molecular formula is C11H8F3N3O. The van der Waals surface area contributed by atoms with Crippen LogP contribution in [0.5, 0.6) is 0 Å². The third kappa shape index (κ3) is 1.28. The molecule has 3 rings (SSSR count). The molecule has 0 saturated heterocycles. The predicted molar refractivity (Wildman–Crippen MR) is 59.5 cm³/mol. The first-order valence-corrected chi connectivity index (χ1v) is 5.15. The van der Waals surface area contributed by atoms with E-state index in [1.54, 1.807) is 29.7 Å². The number of benzene rings is 1. The van der Waals surface area contributed by atoms with Gasteiger partial charge in [-0.3, -0.25) is 10.3 Å². The fraction of sp³-hybridized carbons (Fsp3) is 0.182. The van der Waals surface area contributed by atoms with Gasteiger partial charge in [0.2, 0.25) is 0 Å². The molecule has 2 aliphatic heterocycles. The quantitative estimate of drug-likeness (QED) is 0.741. The second kappa shape index (κ2) is 3.26. The molecule has 2 N–H and O–H groups in total. The zero-order chi connectivity index (χ0) is 13.0. The molecule has 0 bridgehead atoms. The number of hydrogen-bond acceptors (Lipinski definition) is 4. The number of nitrogens with one attached hydrogen (secondary N) is 1. The molecule has 0 aromatic heterocycles. The van der Waals surface area contributed by atoms with Crippen molar-refractivity contribution in [2.75, 3.05) is 4.90 Å². The van der Waals surface area contributed by atoms with Gasteiger partial charge in [-0.1, -0.05) is 18.2 Å². The Morgan fingerprint density at radius 2 is 1.94 bits per heavy atom. The van der Waals surface area contributed by atoms with Crippen LogP contribution in [0, 0.1) is 0 Å². The molecule has 0 fully saturated rings. The van der Waals surface area contributed by atoms with Crippen LogP contribution in [0.2, 0.25) is 0 Å². The Bertz CT molecular complexity index is 567. The molecule has 0 aliphatic carbocycles. The van der Waals surface area contributed by atoms with Gasteiger partial charge in [0.15, 0.2) is 5.84 Å². The first kappa shape index (κ1) is 11.1. The molecular weight excluding hydrogens is 247 g/mol. The van der Waals surface area contributed by atoms with E-state index in [-0.39, 0.29) is 11.5 Å². The van der Waals surface area contributed by atoms with E-state index >= 15 is 0 Å². The van der Waals surface area contributed by atoms with Gasteiger partial charge in [-0.2, -0.15) is 18.3 Å². The molecule has 1 aromatic carbocycles. The molecule has 1 unspecified atom stereocenters. The van der Waals surface area contributed by atoms with Gasteiger partial charge in [0.25, 0.3) is 0 Å². The lowest BCUT2D eigenvalue weighted by Crippen LogP contribution is -2.64. The highest BCUT2D eigenvalue weighted by molar-refractivity contribution is 6.13. The Kier molecular flexibility index (Phi) is 2.01. The lowest BCUT2D eigenvalue weighted by atomic mass is 10.1. The number of hydrazone groups is 1. The molecule has 7 heteroatoms. The van der Waals surface area contributed by atoms with Crippen molar-refractivity contribution in [3.63, 3.8) is 0 Å². The van der Waals surface area contributed by atoms with E-state index < -0.39 is 12.0 Å². The number of nitrogens with zero attached hydrogens (tertiary/aromatic N) is 2. The summed E-state index contributed by atoms with van der Waals surface area (Å²) in [4.78, 5) is 0.738. The molecule has 0 spiro atoms. The molecule has 2 heterocycles. The van der Waals surface area contributed by atoms with Crippen LogP contribution in [0.1, 0.15) is 5.56 Å². The van der Waals surface area contributed by atoms with E-state index in [1.165, 1.54) is 12.1 Å². The summed E-state index contributed by atoms with van der Waals surface area (Å²) in [6.45, 7) is 0. The maximum atomic E-state index is 13.0. The van der Waals surface area contributed by atoms with E-state index in [4.69, 9.17) is 0 Å². The van der Waals surface area contributed by atoms with Crippen molar-refractivity contribution in [2.45, 2.75) is 12.0 Å². The number of fused-ring (bicyclic) bond motifs is 3. The van der Waals surface area contributed by atoms with E-state index in [0.717, 1.165) is 4.90 Å². The normalized spacial score (nSPS) is 25.3. The van der Waals surface area contributed by atoms with E-state index in [0.29, 0.717) is 5.56 Å². The smallest absolute Gasteiger partial charge is 0.346 e. The molecule has 0 saturated carbocycles. The maximum Gasteiger partial charge on any atom is 0.460 e. The van der Waals surface area contributed by atoms with Gasteiger partial charge in [-0.05, 0) is 23.8 Å². The Hall–Kier alpha value is -2.02. The largest absolute Gasteiger partial charge is 0.460 e. The Morgan fingerprint density at radius 3 is 2.67 bits per heavy atom. The van der Waals surface area contributed by atoms with E-state index in [9.17, 15) is 18.3 Å². The number of rotatable bonds is 0. The second-order valence-corrected chi connectivity index (χ2v) is 3.98. The number of anilines is 1. The maximum absolute atomic E-state index is 13.0. The van der Waals surface area contributed by atoms with Gasteiger partial charge in [-0.25, -0.2) is 0 Å². The fourth-order valence-electron chi connectivity index (χ4n) is 2.00. The summed E-state index contributed by atoms with van der Waals surface area (Å²) in [5.74, 6) is -3.18. The van der Waals surface area contributed by atoms with Crippen LogP contribution < -0.4 is 10.3 Å². The van der Waals surface area contributed by atoms with Crippen molar-refractivity contribution < 1.29 is 18.3 Å². The molecule has 1 aromatic rings. The van der Waals surface area contributed by atoms with Crippen LogP contribution in [0.3, 0.4) is 0 Å². The molecule has 18 heavy (non-hydrogen) atoms. The lowest BCUT2D eigenvalue weighted by Gasteiger charge is -2.37. The number of amidine groups is 1. The third-order valence-corrected chi connectivity index (χ3v) is 2.86. The number of halogens is 3. The zero-order valence-electron chi connectivity index (χ0n) is 8.94. The first-order valence-electron chi connectivity index (χ1n) is 5.15. The Balaban J connectivity index is 2.17. The van der Waals surface area contributed by atoms with Crippen LogP contribution >= 0.6 is 0 Å². The second-order valence-electron chi connectivity index (χ2n) is 3.98. The zero-order valence-corrected chi connectivity index (χ0v) is 8.94. The number of alkyl halides is 3.